The van der Waals surface area contributed by atoms with Crippen molar-refractivity contribution in [3.8, 4) is 20.9 Å². The lowest BCUT2D eigenvalue weighted by atomic mass is 10.1. The van der Waals surface area contributed by atoms with Crippen LogP contribution in [0.3, 0.4) is 0 Å². The Labute approximate surface area is 350 Å². The highest BCUT2D eigenvalue weighted by molar-refractivity contribution is 7.18. The summed E-state index contributed by atoms with van der Waals surface area (Å²) < 4.78 is 10.5. The first kappa shape index (κ1) is 40.2. The number of carbonyl (C=O) groups excluding carboxylic acids is 2. The van der Waals surface area contributed by atoms with Crippen LogP contribution in [-0.2, 0) is 45.1 Å². The molecule has 0 radical (unpaired) electrons. The Morgan fingerprint density at radius 1 is 0.441 bits per heavy atom. The maximum Gasteiger partial charge on any atom is 0.330 e. The minimum Gasteiger partial charge on any atom is -0.458 e. The highest BCUT2D eigenvalue weighted by atomic mass is 32.1. The molecule has 1 aromatic heterocycles. The molecule has 0 saturated carbocycles. The van der Waals surface area contributed by atoms with Gasteiger partial charge in [0.2, 0.25) is 0 Å². The van der Waals surface area contributed by atoms with Crippen LogP contribution >= 0.6 is 11.3 Å². The number of aryl methyl sites for hydroxylation is 2. The van der Waals surface area contributed by atoms with Gasteiger partial charge in [-0.25, -0.2) is 9.59 Å². The Balaban J connectivity index is 1.11. The van der Waals surface area contributed by atoms with Crippen LogP contribution in [-0.4, -0.2) is 11.9 Å². The maximum absolute atomic E-state index is 11.6. The van der Waals surface area contributed by atoms with E-state index in [9.17, 15) is 9.59 Å². The van der Waals surface area contributed by atoms with Crippen LogP contribution in [0.5, 0.6) is 0 Å². The minimum absolute atomic E-state index is 0.192. The fourth-order valence-electron chi connectivity index (χ4n) is 6.76. The van der Waals surface area contributed by atoms with E-state index in [1.807, 2.05) is 24.3 Å². The number of ether oxygens (including phenoxy) is 2. The number of hydrogen-bond donors (Lipinski definition) is 0. The zero-order valence-corrected chi connectivity index (χ0v) is 34.2. The van der Waals surface area contributed by atoms with Crippen molar-refractivity contribution in [1.82, 2.24) is 0 Å². The Bertz CT molecular complexity index is 2330. The lowest BCUT2D eigenvalue weighted by Crippen LogP contribution is -2.10. The second-order valence-electron chi connectivity index (χ2n) is 13.9. The zero-order chi connectivity index (χ0) is 41.1. The van der Waals surface area contributed by atoms with Gasteiger partial charge in [-0.2, -0.15) is 0 Å². The number of nitrogens with zero attached hydrogens (tertiary/aromatic N) is 2. The SMILES string of the molecule is C=CC(=O)OCc1ccc(N(c2ccc(CC)cc2)c2ccc(-c3ccc(-c4ccc(N(c5ccc(CC)cc5)c5ccc(COC(=O)C=C)cc5)cc4)s3)cc2)cc1. The molecule has 0 aliphatic carbocycles. The van der Waals surface area contributed by atoms with Gasteiger partial charge < -0.3 is 19.3 Å². The Morgan fingerprint density at radius 2 is 0.712 bits per heavy atom. The van der Waals surface area contributed by atoms with Crippen LogP contribution in [0.2, 0.25) is 0 Å². The van der Waals surface area contributed by atoms with Gasteiger partial charge in [-0.15, -0.1) is 11.3 Å². The molecule has 0 saturated heterocycles. The van der Waals surface area contributed by atoms with Crippen LogP contribution in [0.1, 0.15) is 36.1 Å². The lowest BCUT2D eigenvalue weighted by Gasteiger charge is -2.26. The monoisotopic (exact) mass is 794 g/mol. The van der Waals surface area contributed by atoms with Gasteiger partial charge in [0.1, 0.15) is 13.2 Å². The molecule has 7 heteroatoms. The number of rotatable bonds is 16. The molecule has 1 heterocycles. The van der Waals surface area contributed by atoms with E-state index in [1.54, 1.807) is 11.3 Å². The topological polar surface area (TPSA) is 59.1 Å². The van der Waals surface area contributed by atoms with Crippen molar-refractivity contribution in [2.24, 2.45) is 0 Å². The predicted molar refractivity (Wildman–Crippen MR) is 243 cm³/mol. The molecule has 6 aromatic carbocycles. The average molecular weight is 795 g/mol. The van der Waals surface area contributed by atoms with E-state index in [0.29, 0.717) is 0 Å². The van der Waals surface area contributed by atoms with Gasteiger partial charge in [0.05, 0.1) is 0 Å². The number of benzene rings is 6. The smallest absolute Gasteiger partial charge is 0.330 e. The molecule has 0 unspecified atom stereocenters. The Hall–Kier alpha value is -6.96. The molecule has 0 atom stereocenters. The summed E-state index contributed by atoms with van der Waals surface area (Å²) in [5.41, 5.74) is 12.9. The molecule has 294 valence electrons. The van der Waals surface area contributed by atoms with Gasteiger partial charge in [0, 0.05) is 56.0 Å². The third kappa shape index (κ3) is 9.78. The van der Waals surface area contributed by atoms with Crippen LogP contribution in [0.15, 0.2) is 183 Å². The van der Waals surface area contributed by atoms with Gasteiger partial charge in [0.25, 0.3) is 0 Å². The molecule has 0 amide bonds. The van der Waals surface area contributed by atoms with E-state index in [1.165, 1.54) is 33.0 Å². The maximum atomic E-state index is 11.6. The number of carbonyl (C=O) groups is 2. The van der Waals surface area contributed by atoms with E-state index in [4.69, 9.17) is 9.47 Å². The number of thiophene rings is 1. The summed E-state index contributed by atoms with van der Waals surface area (Å²) >= 11 is 1.77. The predicted octanol–water partition coefficient (Wildman–Crippen LogP) is 13.6. The quantitative estimate of drug-likeness (QED) is 0.0717. The van der Waals surface area contributed by atoms with Crippen LogP contribution in [0.4, 0.5) is 34.1 Å². The summed E-state index contributed by atoms with van der Waals surface area (Å²) in [6.45, 7) is 11.7. The fourth-order valence-corrected chi connectivity index (χ4v) is 7.78. The number of esters is 2. The zero-order valence-electron chi connectivity index (χ0n) is 33.3. The fraction of sp³-hybridized carbons (Fsp3) is 0.115. The third-order valence-corrected chi connectivity index (χ3v) is 11.3. The Morgan fingerprint density at radius 3 is 0.983 bits per heavy atom. The second-order valence-corrected chi connectivity index (χ2v) is 15.0. The summed E-state index contributed by atoms with van der Waals surface area (Å²) in [5.74, 6) is -0.879. The van der Waals surface area contributed by atoms with E-state index in [2.05, 4.69) is 170 Å². The van der Waals surface area contributed by atoms with Gasteiger partial charge in [0.15, 0.2) is 0 Å². The molecule has 6 nitrogen and oxygen atoms in total. The van der Waals surface area contributed by atoms with Gasteiger partial charge >= 0.3 is 11.9 Å². The first-order chi connectivity index (χ1) is 28.8. The summed E-state index contributed by atoms with van der Waals surface area (Å²) in [5, 5.41) is 0. The van der Waals surface area contributed by atoms with Gasteiger partial charge in [-0.1, -0.05) is 99.8 Å². The van der Waals surface area contributed by atoms with E-state index in [-0.39, 0.29) is 13.2 Å². The second kappa shape index (κ2) is 19.0. The van der Waals surface area contributed by atoms with Crippen molar-refractivity contribution in [2.75, 3.05) is 9.80 Å². The average Bonchev–Trinajstić information content (AvgIpc) is 3.80. The minimum atomic E-state index is -0.439. The number of anilines is 6. The third-order valence-electron chi connectivity index (χ3n) is 10.1. The highest BCUT2D eigenvalue weighted by Crippen LogP contribution is 2.40. The first-order valence-electron chi connectivity index (χ1n) is 19.7. The van der Waals surface area contributed by atoms with Crippen molar-refractivity contribution < 1.29 is 19.1 Å². The molecule has 59 heavy (non-hydrogen) atoms. The molecule has 0 aliphatic heterocycles. The van der Waals surface area contributed by atoms with Crippen molar-refractivity contribution in [3.05, 3.63) is 205 Å². The van der Waals surface area contributed by atoms with E-state index >= 15 is 0 Å². The molecule has 0 fully saturated rings. The molecule has 7 aromatic rings. The van der Waals surface area contributed by atoms with Crippen molar-refractivity contribution in [3.63, 3.8) is 0 Å². The van der Waals surface area contributed by atoms with Gasteiger partial charge in [-0.3, -0.25) is 0 Å². The molecule has 0 bridgehead atoms. The molecule has 0 spiro atoms. The molecule has 0 N–H and O–H groups in total. The van der Waals surface area contributed by atoms with Crippen LogP contribution in [0, 0.1) is 0 Å². The number of hydrogen-bond acceptors (Lipinski definition) is 7. The van der Waals surface area contributed by atoms with Crippen molar-refractivity contribution >= 4 is 57.4 Å². The summed E-state index contributed by atoms with van der Waals surface area (Å²) in [6.07, 6.45) is 4.29. The summed E-state index contributed by atoms with van der Waals surface area (Å²) in [7, 11) is 0. The Kier molecular flexibility index (Phi) is 13.0. The summed E-state index contributed by atoms with van der Waals surface area (Å²) in [6, 6.07) is 55.3. The normalized spacial score (nSPS) is 10.7. The van der Waals surface area contributed by atoms with Gasteiger partial charge in [-0.05, 0) is 131 Å². The lowest BCUT2D eigenvalue weighted by molar-refractivity contribution is -0.139. The largest absolute Gasteiger partial charge is 0.458 e. The van der Waals surface area contributed by atoms with Crippen LogP contribution in [0.25, 0.3) is 20.9 Å². The molecular formula is C52H46N2O4S. The van der Waals surface area contributed by atoms with Crippen molar-refractivity contribution in [2.45, 2.75) is 39.9 Å². The molecular weight excluding hydrogens is 749 g/mol. The highest BCUT2D eigenvalue weighted by Gasteiger charge is 2.16. The molecule has 7 rings (SSSR count). The summed E-state index contributed by atoms with van der Waals surface area (Å²) in [4.78, 5) is 30.1. The molecule has 0 aliphatic rings. The van der Waals surface area contributed by atoms with Crippen molar-refractivity contribution in [1.29, 1.82) is 0 Å². The van der Waals surface area contributed by atoms with E-state index < -0.39 is 11.9 Å². The van der Waals surface area contributed by atoms with Crippen LogP contribution < -0.4 is 9.80 Å². The van der Waals surface area contributed by atoms with E-state index in [0.717, 1.165) is 69.2 Å². The standard InChI is InChI=1S/C52H46N2O4S/c1-5-37-9-21-43(22-10-37)53(45-25-13-39(14-26-45)35-57-51(55)7-3)47-29-17-41(18-30-47)49-33-34-50(59-49)42-19-31-48(32-20-42)54(44-23-11-38(6-2)12-24-44)46-27-15-40(16-28-46)36-58-52(56)8-4/h7-34H,3-6,35-36H2,1-2H3. The first-order valence-corrected chi connectivity index (χ1v) is 20.5.